The number of nitrogens with one attached hydrogen (secondary N) is 1. The maximum Gasteiger partial charge on any atom is 0.262 e. The zero-order valence-electron chi connectivity index (χ0n) is 15.6. The molecule has 1 amide bonds. The number of ether oxygens (including phenoxy) is 1. The summed E-state index contributed by atoms with van der Waals surface area (Å²) >= 11 is 12.1. The second-order valence-electron chi connectivity index (χ2n) is 6.83. The van der Waals surface area contributed by atoms with E-state index in [1.165, 1.54) is 6.20 Å². The number of fused-ring (bicyclic) bond motifs is 1. The van der Waals surface area contributed by atoms with E-state index in [0.29, 0.717) is 41.7 Å². The molecule has 0 saturated carbocycles. The first-order chi connectivity index (χ1) is 13.4. The number of carbonyl (C=O) groups is 1. The fourth-order valence-corrected chi connectivity index (χ4v) is 3.64. The van der Waals surface area contributed by atoms with Gasteiger partial charge >= 0.3 is 0 Å². The van der Waals surface area contributed by atoms with Crippen molar-refractivity contribution >= 4 is 29.1 Å². The maximum absolute atomic E-state index is 16.1. The predicted molar refractivity (Wildman–Crippen MR) is 108 cm³/mol. The molecule has 0 saturated heterocycles. The standard InChI is InChI=1S/C20H22Cl2FN3O2/c1-26-9-3-7-20(23,16-4-2-8-24-18(16)28-11-10-26)19(27)25-13-14-5-6-15(21)12-17(14)22/h2,4-6,8,12H,3,7,9-11,13H2,1H3,(H,25,27)/t20-/m0/s1. The van der Waals surface area contributed by atoms with E-state index in [1.54, 1.807) is 30.3 Å². The Hall–Kier alpha value is -1.89. The molecule has 0 radical (unpaired) electrons. The van der Waals surface area contributed by atoms with Crippen molar-refractivity contribution in [2.75, 3.05) is 26.7 Å². The van der Waals surface area contributed by atoms with Crippen molar-refractivity contribution in [3.8, 4) is 5.88 Å². The quantitative estimate of drug-likeness (QED) is 0.807. The van der Waals surface area contributed by atoms with Gasteiger partial charge in [-0.1, -0.05) is 29.3 Å². The third-order valence-electron chi connectivity index (χ3n) is 4.79. The van der Waals surface area contributed by atoms with Crippen molar-refractivity contribution in [1.29, 1.82) is 0 Å². The van der Waals surface area contributed by atoms with Gasteiger partial charge in [0, 0.05) is 29.3 Å². The molecule has 1 aromatic carbocycles. The summed E-state index contributed by atoms with van der Waals surface area (Å²) in [6.07, 6.45) is 2.08. The van der Waals surface area contributed by atoms with Gasteiger partial charge in [-0.25, -0.2) is 9.37 Å². The number of aromatic nitrogens is 1. The molecule has 1 aliphatic heterocycles. The van der Waals surface area contributed by atoms with E-state index in [4.69, 9.17) is 27.9 Å². The lowest BCUT2D eigenvalue weighted by atomic mass is 9.90. The van der Waals surface area contributed by atoms with Crippen molar-refractivity contribution in [1.82, 2.24) is 15.2 Å². The van der Waals surface area contributed by atoms with Gasteiger partial charge in [0.15, 0.2) is 0 Å². The maximum atomic E-state index is 16.1. The average Bonchev–Trinajstić information content (AvgIpc) is 2.67. The molecule has 2 aromatic rings. The van der Waals surface area contributed by atoms with Gasteiger partial charge in [-0.15, -0.1) is 0 Å². The Labute approximate surface area is 173 Å². The van der Waals surface area contributed by atoms with E-state index >= 15 is 4.39 Å². The van der Waals surface area contributed by atoms with Crippen molar-refractivity contribution in [3.05, 3.63) is 57.7 Å². The zero-order chi connectivity index (χ0) is 20.1. The molecule has 1 N–H and O–H groups in total. The summed E-state index contributed by atoms with van der Waals surface area (Å²) in [6.45, 7) is 1.84. The summed E-state index contributed by atoms with van der Waals surface area (Å²) in [7, 11) is 1.94. The summed E-state index contributed by atoms with van der Waals surface area (Å²) in [5, 5.41) is 3.58. The lowest BCUT2D eigenvalue weighted by molar-refractivity contribution is -0.134. The van der Waals surface area contributed by atoms with E-state index < -0.39 is 11.6 Å². The largest absolute Gasteiger partial charge is 0.476 e. The first kappa shape index (κ1) is 20.8. The van der Waals surface area contributed by atoms with Crippen LogP contribution in [-0.4, -0.2) is 42.5 Å². The smallest absolute Gasteiger partial charge is 0.262 e. The number of nitrogens with zero attached hydrogens (tertiary/aromatic N) is 2. The van der Waals surface area contributed by atoms with Crippen LogP contribution in [0.5, 0.6) is 5.88 Å². The summed E-state index contributed by atoms with van der Waals surface area (Å²) < 4.78 is 21.8. The molecule has 0 spiro atoms. The minimum atomic E-state index is -2.25. The lowest BCUT2D eigenvalue weighted by Crippen LogP contribution is -2.42. The number of rotatable bonds is 3. The van der Waals surface area contributed by atoms with E-state index in [1.807, 2.05) is 11.9 Å². The lowest BCUT2D eigenvalue weighted by Gasteiger charge is -2.29. The number of carbonyl (C=O) groups excluding carboxylic acids is 1. The molecule has 1 aromatic heterocycles. The number of hydrogen-bond donors (Lipinski definition) is 1. The van der Waals surface area contributed by atoms with Crippen LogP contribution in [0.15, 0.2) is 36.5 Å². The molecule has 2 heterocycles. The number of amides is 1. The van der Waals surface area contributed by atoms with Crippen LogP contribution in [0.4, 0.5) is 4.39 Å². The molecule has 28 heavy (non-hydrogen) atoms. The topological polar surface area (TPSA) is 54.5 Å². The van der Waals surface area contributed by atoms with Crippen LogP contribution in [0.1, 0.15) is 24.0 Å². The zero-order valence-corrected chi connectivity index (χ0v) is 17.1. The van der Waals surface area contributed by atoms with Gasteiger partial charge in [0.1, 0.15) is 6.61 Å². The summed E-state index contributed by atoms with van der Waals surface area (Å²) in [5.41, 5.74) is -1.44. The van der Waals surface area contributed by atoms with Gasteiger partial charge < -0.3 is 15.0 Å². The molecule has 0 fully saturated rings. The first-order valence-corrected chi connectivity index (χ1v) is 9.84. The number of benzene rings is 1. The number of hydrogen-bond acceptors (Lipinski definition) is 4. The highest BCUT2D eigenvalue weighted by molar-refractivity contribution is 6.35. The second-order valence-corrected chi connectivity index (χ2v) is 7.67. The van der Waals surface area contributed by atoms with Crippen molar-refractivity contribution < 1.29 is 13.9 Å². The molecule has 150 valence electrons. The molecular formula is C20H22Cl2FN3O2. The molecule has 3 rings (SSSR count). The monoisotopic (exact) mass is 425 g/mol. The molecule has 0 unspecified atom stereocenters. The number of likely N-dealkylation sites (N-methyl/N-ethyl adjacent to an activating group) is 1. The molecule has 8 heteroatoms. The van der Waals surface area contributed by atoms with Crippen molar-refractivity contribution in [2.24, 2.45) is 0 Å². The fourth-order valence-electron chi connectivity index (χ4n) is 3.16. The highest BCUT2D eigenvalue weighted by atomic mass is 35.5. The third kappa shape index (κ3) is 4.74. The minimum Gasteiger partial charge on any atom is -0.476 e. The summed E-state index contributed by atoms with van der Waals surface area (Å²) in [5.74, 6) is -0.584. The number of pyridine rings is 1. The van der Waals surface area contributed by atoms with Crippen LogP contribution in [0, 0.1) is 0 Å². The average molecular weight is 426 g/mol. The Bertz CT molecular complexity index is 852. The van der Waals surface area contributed by atoms with E-state index in [-0.39, 0.29) is 24.4 Å². The molecule has 1 aliphatic rings. The second kappa shape index (κ2) is 9.07. The van der Waals surface area contributed by atoms with Gasteiger partial charge in [0.2, 0.25) is 11.5 Å². The summed E-state index contributed by atoms with van der Waals surface area (Å²) in [6, 6.07) is 8.13. The van der Waals surface area contributed by atoms with E-state index in [2.05, 4.69) is 10.3 Å². The van der Waals surface area contributed by atoms with Gasteiger partial charge in [-0.05, 0) is 56.3 Å². The molecular weight excluding hydrogens is 404 g/mol. The highest BCUT2D eigenvalue weighted by Gasteiger charge is 2.43. The van der Waals surface area contributed by atoms with Gasteiger partial charge in [-0.2, -0.15) is 0 Å². The van der Waals surface area contributed by atoms with Crippen LogP contribution >= 0.6 is 23.2 Å². The van der Waals surface area contributed by atoms with Crippen molar-refractivity contribution in [3.63, 3.8) is 0 Å². The van der Waals surface area contributed by atoms with E-state index in [0.717, 1.165) is 0 Å². The third-order valence-corrected chi connectivity index (χ3v) is 5.37. The van der Waals surface area contributed by atoms with Gasteiger partial charge in [0.05, 0.1) is 5.56 Å². The Morgan fingerprint density at radius 2 is 2.18 bits per heavy atom. The summed E-state index contributed by atoms with van der Waals surface area (Å²) in [4.78, 5) is 19.1. The van der Waals surface area contributed by atoms with E-state index in [9.17, 15) is 4.79 Å². The van der Waals surface area contributed by atoms with Crippen LogP contribution in [0.3, 0.4) is 0 Å². The predicted octanol–water partition coefficient (Wildman–Crippen LogP) is 3.97. The molecule has 1 atom stereocenters. The molecule has 5 nitrogen and oxygen atoms in total. The Morgan fingerprint density at radius 1 is 1.36 bits per heavy atom. The number of alkyl halides is 1. The number of halogens is 3. The fraction of sp³-hybridized carbons (Fsp3) is 0.400. The SMILES string of the molecule is CN1CCC[C@@](F)(C(=O)NCc2ccc(Cl)cc2Cl)c2cccnc2OCC1. The van der Waals surface area contributed by atoms with Crippen LogP contribution in [-0.2, 0) is 17.0 Å². The first-order valence-electron chi connectivity index (χ1n) is 9.08. The Kier molecular flexibility index (Phi) is 6.75. The minimum absolute atomic E-state index is 0.0274. The Balaban J connectivity index is 1.85. The van der Waals surface area contributed by atoms with Crippen molar-refractivity contribution in [2.45, 2.75) is 25.1 Å². The highest BCUT2D eigenvalue weighted by Crippen LogP contribution is 2.37. The Morgan fingerprint density at radius 3 is 2.96 bits per heavy atom. The van der Waals surface area contributed by atoms with Gasteiger partial charge in [0.25, 0.3) is 5.91 Å². The molecule has 0 bridgehead atoms. The normalized spacial score (nSPS) is 20.7. The van der Waals surface area contributed by atoms with Gasteiger partial charge in [-0.3, -0.25) is 4.79 Å². The van der Waals surface area contributed by atoms with Crippen LogP contribution in [0.25, 0.3) is 0 Å². The molecule has 0 aliphatic carbocycles. The van der Waals surface area contributed by atoms with Crippen LogP contribution in [0.2, 0.25) is 10.0 Å². The van der Waals surface area contributed by atoms with Crippen LogP contribution < -0.4 is 10.1 Å².